The first-order chi connectivity index (χ1) is 10.8. The number of benzene rings is 2. The smallest absolute Gasteiger partial charge is 0.119 e. The highest BCUT2D eigenvalue weighted by atomic mass is 16.5. The van der Waals surface area contributed by atoms with Crippen molar-refractivity contribution in [2.75, 3.05) is 12.0 Å². The molecule has 0 aliphatic carbocycles. The molecule has 4 rings (SSSR count). The lowest BCUT2D eigenvalue weighted by Crippen LogP contribution is -2.40. The molecular formula is C20H23NO. The van der Waals surface area contributed by atoms with Crippen LogP contribution in [0.15, 0.2) is 48.5 Å². The number of anilines is 1. The lowest BCUT2D eigenvalue weighted by Gasteiger charge is -2.38. The van der Waals surface area contributed by atoms with Crippen LogP contribution in [-0.4, -0.2) is 19.2 Å². The molecular weight excluding hydrogens is 270 g/mol. The fourth-order valence-electron chi connectivity index (χ4n) is 4.21. The van der Waals surface area contributed by atoms with Gasteiger partial charge in [-0.15, -0.1) is 0 Å². The molecule has 0 amide bonds. The average molecular weight is 293 g/mol. The van der Waals surface area contributed by atoms with E-state index in [1.165, 1.54) is 42.5 Å². The van der Waals surface area contributed by atoms with E-state index in [0.29, 0.717) is 6.04 Å². The van der Waals surface area contributed by atoms with Crippen molar-refractivity contribution < 1.29 is 4.74 Å². The molecule has 2 nitrogen and oxygen atoms in total. The minimum atomic E-state index is 0.624. The SMILES string of the molecule is COc1cccc(C[C@H]2CC[C@@H]3CCc4ccccc4N32)c1. The van der Waals surface area contributed by atoms with Gasteiger partial charge in [0.15, 0.2) is 0 Å². The second kappa shape index (κ2) is 5.68. The largest absolute Gasteiger partial charge is 0.497 e. The van der Waals surface area contributed by atoms with Gasteiger partial charge < -0.3 is 9.64 Å². The molecule has 1 fully saturated rings. The van der Waals surface area contributed by atoms with Gasteiger partial charge in [-0.1, -0.05) is 30.3 Å². The van der Waals surface area contributed by atoms with Gasteiger partial charge >= 0.3 is 0 Å². The standard InChI is InChI=1S/C20H23NO/c1-22-19-7-4-5-15(14-19)13-18-12-11-17-10-9-16-6-2-3-8-20(16)21(17)18/h2-8,14,17-18H,9-13H2,1H3/t17-,18+/m0/s1. The van der Waals surface area contributed by atoms with Gasteiger partial charge in [0.25, 0.3) is 0 Å². The molecule has 2 aromatic carbocycles. The van der Waals surface area contributed by atoms with Gasteiger partial charge in [-0.2, -0.15) is 0 Å². The Morgan fingerprint density at radius 3 is 2.86 bits per heavy atom. The summed E-state index contributed by atoms with van der Waals surface area (Å²) in [6.45, 7) is 0. The summed E-state index contributed by atoms with van der Waals surface area (Å²) < 4.78 is 5.37. The fourth-order valence-corrected chi connectivity index (χ4v) is 4.21. The van der Waals surface area contributed by atoms with Crippen LogP contribution in [-0.2, 0) is 12.8 Å². The molecule has 22 heavy (non-hydrogen) atoms. The van der Waals surface area contributed by atoms with Crippen LogP contribution in [0.4, 0.5) is 5.69 Å². The minimum Gasteiger partial charge on any atom is -0.497 e. The highest BCUT2D eigenvalue weighted by Crippen LogP contribution is 2.40. The summed E-state index contributed by atoms with van der Waals surface area (Å²) in [5.41, 5.74) is 4.38. The number of rotatable bonds is 3. The number of aryl methyl sites for hydroxylation is 1. The third-order valence-corrected chi connectivity index (χ3v) is 5.24. The summed E-state index contributed by atoms with van der Waals surface area (Å²) in [5.74, 6) is 0.964. The van der Waals surface area contributed by atoms with Gasteiger partial charge in [-0.3, -0.25) is 0 Å². The molecule has 0 bridgehead atoms. The van der Waals surface area contributed by atoms with Crippen molar-refractivity contribution in [3.63, 3.8) is 0 Å². The van der Waals surface area contributed by atoms with E-state index in [1.54, 1.807) is 7.11 Å². The third kappa shape index (κ3) is 2.37. The van der Waals surface area contributed by atoms with E-state index in [-0.39, 0.29) is 0 Å². The number of para-hydroxylation sites is 1. The van der Waals surface area contributed by atoms with Crippen molar-refractivity contribution in [3.8, 4) is 5.75 Å². The topological polar surface area (TPSA) is 12.5 Å². The van der Waals surface area contributed by atoms with Crippen molar-refractivity contribution >= 4 is 5.69 Å². The van der Waals surface area contributed by atoms with Crippen LogP contribution in [0.2, 0.25) is 0 Å². The quantitative estimate of drug-likeness (QED) is 0.840. The first-order valence-corrected chi connectivity index (χ1v) is 8.34. The van der Waals surface area contributed by atoms with E-state index in [4.69, 9.17) is 4.74 Å². The first-order valence-electron chi connectivity index (χ1n) is 8.34. The molecule has 0 N–H and O–H groups in total. The molecule has 0 aromatic heterocycles. The van der Waals surface area contributed by atoms with E-state index in [2.05, 4.69) is 47.4 Å². The molecule has 2 heteroatoms. The molecule has 0 spiro atoms. The van der Waals surface area contributed by atoms with Gasteiger partial charge in [-0.25, -0.2) is 0 Å². The van der Waals surface area contributed by atoms with Gasteiger partial charge in [0, 0.05) is 17.8 Å². The van der Waals surface area contributed by atoms with Gasteiger partial charge in [0.2, 0.25) is 0 Å². The van der Waals surface area contributed by atoms with Crippen LogP contribution >= 0.6 is 0 Å². The Hall–Kier alpha value is -1.96. The average Bonchev–Trinajstić information content (AvgIpc) is 2.98. The predicted octanol–water partition coefficient (Wildman–Crippen LogP) is 4.22. The van der Waals surface area contributed by atoms with Gasteiger partial charge in [0.05, 0.1) is 7.11 Å². The molecule has 2 heterocycles. The van der Waals surface area contributed by atoms with Crippen LogP contribution < -0.4 is 9.64 Å². The van der Waals surface area contributed by atoms with Crippen molar-refractivity contribution in [1.29, 1.82) is 0 Å². The molecule has 1 saturated heterocycles. The monoisotopic (exact) mass is 293 g/mol. The molecule has 2 aromatic rings. The Bertz CT molecular complexity index is 666. The molecule has 0 unspecified atom stereocenters. The van der Waals surface area contributed by atoms with Gasteiger partial charge in [0.1, 0.15) is 5.75 Å². The summed E-state index contributed by atoms with van der Waals surface area (Å²) in [6, 6.07) is 18.9. The normalized spacial score (nSPS) is 23.0. The van der Waals surface area contributed by atoms with E-state index in [1.807, 2.05) is 6.07 Å². The Labute approximate surface area is 132 Å². The summed E-state index contributed by atoms with van der Waals surface area (Å²) in [7, 11) is 1.74. The number of nitrogens with zero attached hydrogens (tertiary/aromatic N) is 1. The molecule has 0 radical (unpaired) electrons. The lowest BCUT2D eigenvalue weighted by atomic mass is 9.96. The van der Waals surface area contributed by atoms with Crippen LogP contribution in [0.5, 0.6) is 5.75 Å². The first kappa shape index (κ1) is 13.7. The maximum absolute atomic E-state index is 5.37. The number of fused-ring (bicyclic) bond motifs is 3. The fraction of sp³-hybridized carbons (Fsp3) is 0.400. The van der Waals surface area contributed by atoms with Crippen molar-refractivity contribution in [2.24, 2.45) is 0 Å². The van der Waals surface area contributed by atoms with E-state index >= 15 is 0 Å². The van der Waals surface area contributed by atoms with Crippen molar-refractivity contribution in [1.82, 2.24) is 0 Å². The maximum atomic E-state index is 5.37. The summed E-state index contributed by atoms with van der Waals surface area (Å²) in [4.78, 5) is 2.71. The Balaban J connectivity index is 1.61. The molecule has 2 atom stereocenters. The number of hydrogen-bond donors (Lipinski definition) is 0. The van der Waals surface area contributed by atoms with Crippen LogP contribution in [0.1, 0.15) is 30.4 Å². The number of hydrogen-bond acceptors (Lipinski definition) is 2. The van der Waals surface area contributed by atoms with Gasteiger partial charge in [-0.05, 0) is 61.4 Å². The molecule has 0 saturated carbocycles. The molecule has 114 valence electrons. The zero-order chi connectivity index (χ0) is 14.9. The zero-order valence-corrected chi connectivity index (χ0v) is 13.2. The Morgan fingerprint density at radius 2 is 1.95 bits per heavy atom. The molecule has 2 aliphatic rings. The second-order valence-corrected chi connectivity index (χ2v) is 6.52. The summed E-state index contributed by atoms with van der Waals surface area (Å²) in [5, 5.41) is 0. The summed E-state index contributed by atoms with van der Waals surface area (Å²) in [6.07, 6.45) is 6.30. The van der Waals surface area contributed by atoms with Crippen LogP contribution in [0.3, 0.4) is 0 Å². The zero-order valence-electron chi connectivity index (χ0n) is 13.2. The van der Waals surface area contributed by atoms with E-state index in [0.717, 1.165) is 18.2 Å². The van der Waals surface area contributed by atoms with E-state index < -0.39 is 0 Å². The van der Waals surface area contributed by atoms with Crippen molar-refractivity contribution in [3.05, 3.63) is 59.7 Å². The maximum Gasteiger partial charge on any atom is 0.119 e. The van der Waals surface area contributed by atoms with E-state index in [9.17, 15) is 0 Å². The predicted molar refractivity (Wildman–Crippen MR) is 90.8 cm³/mol. The second-order valence-electron chi connectivity index (χ2n) is 6.52. The Morgan fingerprint density at radius 1 is 1.05 bits per heavy atom. The van der Waals surface area contributed by atoms with Crippen LogP contribution in [0.25, 0.3) is 0 Å². The minimum absolute atomic E-state index is 0.624. The highest BCUT2D eigenvalue weighted by molar-refractivity contribution is 5.58. The lowest BCUT2D eigenvalue weighted by molar-refractivity contribution is 0.414. The number of methoxy groups -OCH3 is 1. The highest BCUT2D eigenvalue weighted by Gasteiger charge is 2.36. The summed E-state index contributed by atoms with van der Waals surface area (Å²) >= 11 is 0. The Kier molecular flexibility index (Phi) is 3.53. The van der Waals surface area contributed by atoms with Crippen molar-refractivity contribution in [2.45, 2.75) is 44.2 Å². The number of ether oxygens (including phenoxy) is 1. The molecule has 2 aliphatic heterocycles. The third-order valence-electron chi connectivity index (χ3n) is 5.24. The van der Waals surface area contributed by atoms with Crippen LogP contribution in [0, 0.1) is 0 Å².